The Hall–Kier alpha value is -1.23. The van der Waals surface area contributed by atoms with Gasteiger partial charge >= 0.3 is 0 Å². The fourth-order valence-corrected chi connectivity index (χ4v) is 3.51. The molecule has 2 unspecified atom stereocenters. The molecule has 1 aromatic heterocycles. The Bertz CT molecular complexity index is 593. The highest BCUT2D eigenvalue weighted by atomic mass is 32.1. The number of aromatic nitrogens is 1. The van der Waals surface area contributed by atoms with Crippen molar-refractivity contribution in [3.05, 3.63) is 40.9 Å². The second kappa shape index (κ2) is 6.26. The van der Waals surface area contributed by atoms with Gasteiger partial charge in [0.15, 0.2) is 0 Å². The first-order valence-electron chi connectivity index (χ1n) is 7.53. The van der Waals surface area contributed by atoms with E-state index in [0.717, 1.165) is 36.8 Å². The molecular weight excluding hydrogens is 280 g/mol. The molecule has 1 saturated heterocycles. The van der Waals surface area contributed by atoms with Gasteiger partial charge in [-0.1, -0.05) is 36.8 Å². The zero-order chi connectivity index (χ0) is 14.8. The van der Waals surface area contributed by atoms with Crippen LogP contribution in [0.3, 0.4) is 0 Å². The van der Waals surface area contributed by atoms with Crippen LogP contribution in [0.4, 0.5) is 0 Å². The minimum atomic E-state index is -0.200. The number of nitrogens with zero attached hydrogens (tertiary/aromatic N) is 2. The third-order valence-corrected chi connectivity index (χ3v) is 5.18. The molecule has 0 spiro atoms. The summed E-state index contributed by atoms with van der Waals surface area (Å²) in [7, 11) is 0. The zero-order valence-corrected chi connectivity index (χ0v) is 13.4. The highest BCUT2D eigenvalue weighted by Gasteiger charge is 2.24. The molecule has 0 radical (unpaired) electrons. The lowest BCUT2D eigenvalue weighted by Gasteiger charge is -2.33. The summed E-state index contributed by atoms with van der Waals surface area (Å²) in [4.78, 5) is 7.05. The number of aryl methyl sites for hydroxylation is 1. The van der Waals surface area contributed by atoms with Crippen LogP contribution in [0.2, 0.25) is 0 Å². The lowest BCUT2D eigenvalue weighted by atomic mass is 9.96. The van der Waals surface area contributed by atoms with Crippen molar-refractivity contribution in [1.29, 1.82) is 0 Å². The smallest absolute Gasteiger partial charge is 0.123 e. The van der Waals surface area contributed by atoms with Gasteiger partial charge in [-0.15, -0.1) is 11.3 Å². The molecule has 4 heteroatoms. The minimum Gasteiger partial charge on any atom is -0.392 e. The molecule has 1 fully saturated rings. The van der Waals surface area contributed by atoms with E-state index in [-0.39, 0.29) is 6.10 Å². The molecule has 2 atom stereocenters. The van der Waals surface area contributed by atoms with E-state index in [4.69, 9.17) is 4.98 Å². The first-order chi connectivity index (χ1) is 10.1. The van der Waals surface area contributed by atoms with Gasteiger partial charge in [0.25, 0.3) is 0 Å². The Morgan fingerprint density at radius 2 is 2.10 bits per heavy atom. The number of benzene rings is 1. The Kier molecular flexibility index (Phi) is 4.38. The van der Waals surface area contributed by atoms with Crippen molar-refractivity contribution in [3.63, 3.8) is 0 Å². The molecule has 2 aromatic rings. The van der Waals surface area contributed by atoms with Gasteiger partial charge in [-0.25, -0.2) is 4.98 Å². The summed E-state index contributed by atoms with van der Waals surface area (Å²) in [5.41, 5.74) is 3.56. The van der Waals surface area contributed by atoms with Crippen molar-refractivity contribution in [2.45, 2.75) is 32.9 Å². The Balaban J connectivity index is 1.66. The Morgan fingerprint density at radius 1 is 1.33 bits per heavy atom. The second-order valence-electron chi connectivity index (χ2n) is 6.08. The molecule has 1 aromatic carbocycles. The summed E-state index contributed by atoms with van der Waals surface area (Å²) in [5, 5.41) is 13.2. The van der Waals surface area contributed by atoms with Crippen molar-refractivity contribution < 1.29 is 5.11 Å². The molecule has 0 aliphatic carbocycles. The number of rotatable bonds is 3. The van der Waals surface area contributed by atoms with Gasteiger partial charge in [-0.05, 0) is 25.8 Å². The molecule has 1 aliphatic rings. The summed E-state index contributed by atoms with van der Waals surface area (Å²) in [6.45, 7) is 6.88. The number of aliphatic hydroxyl groups excluding tert-OH is 1. The first kappa shape index (κ1) is 14.7. The van der Waals surface area contributed by atoms with E-state index in [2.05, 4.69) is 48.4 Å². The molecule has 112 valence electrons. The van der Waals surface area contributed by atoms with Crippen LogP contribution >= 0.6 is 11.3 Å². The number of aliphatic hydroxyl groups is 1. The maximum absolute atomic E-state index is 9.98. The van der Waals surface area contributed by atoms with Crippen molar-refractivity contribution in [2.75, 3.05) is 13.1 Å². The Morgan fingerprint density at radius 3 is 2.81 bits per heavy atom. The molecule has 3 rings (SSSR count). The van der Waals surface area contributed by atoms with Crippen molar-refractivity contribution in [3.8, 4) is 10.6 Å². The van der Waals surface area contributed by atoms with E-state index in [1.807, 2.05) is 0 Å². The summed E-state index contributed by atoms with van der Waals surface area (Å²) in [6.07, 6.45) is 0.866. The van der Waals surface area contributed by atoms with Gasteiger partial charge in [0.2, 0.25) is 0 Å². The molecule has 21 heavy (non-hydrogen) atoms. The van der Waals surface area contributed by atoms with Crippen LogP contribution in [0.25, 0.3) is 10.6 Å². The van der Waals surface area contributed by atoms with E-state index < -0.39 is 0 Å². The maximum Gasteiger partial charge on any atom is 0.123 e. The van der Waals surface area contributed by atoms with Gasteiger partial charge in [-0.2, -0.15) is 0 Å². The number of β-amino-alcohol motifs (C(OH)–C–C–N with tert-alkyl or cyclic N) is 1. The van der Waals surface area contributed by atoms with Crippen LogP contribution in [0.15, 0.2) is 29.6 Å². The SMILES string of the molecule is Cc1ccc(-c2nc(CN3CCC(C)C(O)C3)cs2)cc1. The van der Waals surface area contributed by atoms with Crippen LogP contribution in [0.5, 0.6) is 0 Å². The summed E-state index contributed by atoms with van der Waals surface area (Å²) in [5.74, 6) is 0.416. The molecule has 1 N–H and O–H groups in total. The van der Waals surface area contributed by atoms with E-state index in [1.54, 1.807) is 11.3 Å². The summed E-state index contributed by atoms with van der Waals surface area (Å²) < 4.78 is 0. The number of likely N-dealkylation sites (tertiary alicyclic amines) is 1. The van der Waals surface area contributed by atoms with Gasteiger partial charge in [-0.3, -0.25) is 4.90 Å². The van der Waals surface area contributed by atoms with Gasteiger partial charge < -0.3 is 5.11 Å². The zero-order valence-electron chi connectivity index (χ0n) is 12.6. The predicted molar refractivity (Wildman–Crippen MR) is 87.4 cm³/mol. The average molecular weight is 302 g/mol. The van der Waals surface area contributed by atoms with Crippen molar-refractivity contribution in [2.24, 2.45) is 5.92 Å². The number of piperidine rings is 1. The van der Waals surface area contributed by atoms with Crippen LogP contribution in [0.1, 0.15) is 24.6 Å². The molecule has 1 aliphatic heterocycles. The minimum absolute atomic E-state index is 0.200. The fraction of sp³-hybridized carbons (Fsp3) is 0.471. The van der Waals surface area contributed by atoms with E-state index >= 15 is 0 Å². The summed E-state index contributed by atoms with van der Waals surface area (Å²) in [6, 6.07) is 8.51. The highest BCUT2D eigenvalue weighted by Crippen LogP contribution is 2.25. The first-order valence-corrected chi connectivity index (χ1v) is 8.41. The van der Waals surface area contributed by atoms with Gasteiger partial charge in [0.1, 0.15) is 5.01 Å². The quantitative estimate of drug-likeness (QED) is 0.945. The molecule has 0 amide bonds. The van der Waals surface area contributed by atoms with Crippen molar-refractivity contribution >= 4 is 11.3 Å². The third-order valence-electron chi connectivity index (χ3n) is 4.24. The van der Waals surface area contributed by atoms with Crippen LogP contribution < -0.4 is 0 Å². The van der Waals surface area contributed by atoms with Crippen molar-refractivity contribution in [1.82, 2.24) is 9.88 Å². The molecule has 0 saturated carbocycles. The lowest BCUT2D eigenvalue weighted by Crippen LogP contribution is -2.42. The second-order valence-corrected chi connectivity index (χ2v) is 6.94. The molecule has 0 bridgehead atoms. The van der Waals surface area contributed by atoms with E-state index in [1.165, 1.54) is 11.1 Å². The third kappa shape index (κ3) is 3.51. The molecule has 3 nitrogen and oxygen atoms in total. The number of hydrogen-bond donors (Lipinski definition) is 1. The van der Waals surface area contributed by atoms with E-state index in [0.29, 0.717) is 5.92 Å². The van der Waals surface area contributed by atoms with Gasteiger partial charge in [0, 0.05) is 24.0 Å². The number of hydrogen-bond acceptors (Lipinski definition) is 4. The topological polar surface area (TPSA) is 36.4 Å². The van der Waals surface area contributed by atoms with Crippen LogP contribution in [-0.2, 0) is 6.54 Å². The summed E-state index contributed by atoms with van der Waals surface area (Å²) >= 11 is 1.70. The lowest BCUT2D eigenvalue weighted by molar-refractivity contribution is 0.0255. The maximum atomic E-state index is 9.98. The number of thiazole rings is 1. The monoisotopic (exact) mass is 302 g/mol. The molecule has 2 heterocycles. The van der Waals surface area contributed by atoms with Crippen LogP contribution in [-0.4, -0.2) is 34.2 Å². The van der Waals surface area contributed by atoms with E-state index in [9.17, 15) is 5.11 Å². The largest absolute Gasteiger partial charge is 0.392 e. The fourth-order valence-electron chi connectivity index (χ4n) is 2.70. The average Bonchev–Trinajstić information content (AvgIpc) is 2.92. The van der Waals surface area contributed by atoms with Crippen LogP contribution in [0, 0.1) is 12.8 Å². The molecular formula is C17H22N2OS. The normalized spacial score (nSPS) is 23.4. The van der Waals surface area contributed by atoms with Gasteiger partial charge in [0.05, 0.1) is 11.8 Å². The standard InChI is InChI=1S/C17H22N2OS/c1-12-3-5-14(6-4-12)17-18-15(11-21-17)9-19-8-7-13(2)16(20)10-19/h3-6,11,13,16,20H,7-10H2,1-2H3. The Labute approximate surface area is 130 Å². The highest BCUT2D eigenvalue weighted by molar-refractivity contribution is 7.13. The predicted octanol–water partition coefficient (Wildman–Crippen LogP) is 3.32.